The molecule has 26 heavy (non-hydrogen) atoms. The van der Waals surface area contributed by atoms with Crippen molar-refractivity contribution in [3.8, 4) is 0 Å². The van der Waals surface area contributed by atoms with E-state index in [0.29, 0.717) is 6.54 Å². The first-order valence-corrected chi connectivity index (χ1v) is 9.12. The van der Waals surface area contributed by atoms with Gasteiger partial charge in [-0.1, -0.05) is 30.3 Å². The van der Waals surface area contributed by atoms with Gasteiger partial charge in [-0.05, 0) is 42.5 Å². The van der Waals surface area contributed by atoms with Crippen molar-refractivity contribution in [2.75, 3.05) is 19.6 Å². The van der Waals surface area contributed by atoms with Gasteiger partial charge in [0.15, 0.2) is 0 Å². The zero-order chi connectivity index (χ0) is 18.4. The molecule has 2 aromatic rings. The number of amides is 1. The molecular weight excluding hydrogens is 334 g/mol. The normalized spacial score (nSPS) is 14.1. The molecular formula is C21H24F2N2O. The molecule has 1 heterocycles. The Morgan fingerprint density at radius 3 is 2.54 bits per heavy atom. The highest BCUT2D eigenvalue weighted by molar-refractivity contribution is 5.76. The van der Waals surface area contributed by atoms with Gasteiger partial charge in [-0.15, -0.1) is 0 Å². The van der Waals surface area contributed by atoms with Gasteiger partial charge in [-0.3, -0.25) is 9.69 Å². The third-order valence-electron chi connectivity index (χ3n) is 4.85. The van der Waals surface area contributed by atoms with Crippen LogP contribution in [-0.4, -0.2) is 30.4 Å². The molecule has 0 radical (unpaired) electrons. The second-order valence-electron chi connectivity index (χ2n) is 6.70. The maximum absolute atomic E-state index is 13.5. The van der Waals surface area contributed by atoms with Crippen molar-refractivity contribution in [2.24, 2.45) is 0 Å². The molecule has 0 saturated carbocycles. The number of hydrogen-bond acceptors (Lipinski definition) is 2. The van der Waals surface area contributed by atoms with E-state index in [4.69, 9.17) is 0 Å². The van der Waals surface area contributed by atoms with Crippen LogP contribution in [-0.2, 0) is 24.2 Å². The number of nitrogens with one attached hydrogen (secondary N) is 1. The van der Waals surface area contributed by atoms with Crippen LogP contribution in [0.15, 0.2) is 42.5 Å². The van der Waals surface area contributed by atoms with Crippen molar-refractivity contribution in [1.29, 1.82) is 0 Å². The Morgan fingerprint density at radius 2 is 1.77 bits per heavy atom. The number of benzene rings is 2. The fourth-order valence-corrected chi connectivity index (χ4v) is 3.37. The molecule has 0 saturated heterocycles. The molecule has 0 aliphatic carbocycles. The van der Waals surface area contributed by atoms with Gasteiger partial charge in [-0.2, -0.15) is 0 Å². The summed E-state index contributed by atoms with van der Waals surface area (Å²) in [6.45, 7) is 3.50. The van der Waals surface area contributed by atoms with Gasteiger partial charge >= 0.3 is 0 Å². The standard InChI is InChI=1S/C21H24F2N2O/c22-19-7-3-8-20(23)18(19)9-10-21(26)24-12-4-13-25-14-11-16-5-1-2-6-17(16)15-25/h1-3,5-8H,4,9-15H2,(H,24,26). The Bertz CT molecular complexity index is 743. The van der Waals surface area contributed by atoms with Gasteiger partial charge in [0.25, 0.3) is 0 Å². The molecule has 1 aliphatic heterocycles. The third-order valence-corrected chi connectivity index (χ3v) is 4.85. The first kappa shape index (κ1) is 18.5. The Labute approximate surface area is 153 Å². The number of fused-ring (bicyclic) bond motifs is 1. The van der Waals surface area contributed by atoms with Gasteiger partial charge in [0.1, 0.15) is 11.6 Å². The van der Waals surface area contributed by atoms with Crippen molar-refractivity contribution in [3.63, 3.8) is 0 Å². The van der Waals surface area contributed by atoms with Crippen LogP contribution in [0.1, 0.15) is 29.5 Å². The van der Waals surface area contributed by atoms with E-state index in [-0.39, 0.29) is 24.3 Å². The van der Waals surface area contributed by atoms with E-state index in [1.165, 1.54) is 29.3 Å². The third kappa shape index (κ3) is 4.88. The minimum Gasteiger partial charge on any atom is -0.356 e. The zero-order valence-electron chi connectivity index (χ0n) is 14.8. The lowest BCUT2D eigenvalue weighted by Crippen LogP contribution is -2.33. The highest BCUT2D eigenvalue weighted by atomic mass is 19.1. The molecule has 3 rings (SSSR count). The van der Waals surface area contributed by atoms with E-state index >= 15 is 0 Å². The predicted molar refractivity (Wildman–Crippen MR) is 97.7 cm³/mol. The van der Waals surface area contributed by atoms with Crippen LogP contribution < -0.4 is 5.32 Å². The summed E-state index contributed by atoms with van der Waals surface area (Å²) in [5.74, 6) is -1.36. The molecule has 0 unspecified atom stereocenters. The molecule has 1 amide bonds. The summed E-state index contributed by atoms with van der Waals surface area (Å²) in [5.41, 5.74) is 2.79. The highest BCUT2D eigenvalue weighted by Gasteiger charge is 2.15. The van der Waals surface area contributed by atoms with E-state index in [1.54, 1.807) is 0 Å². The SMILES string of the molecule is O=C(CCc1c(F)cccc1F)NCCCN1CCc2ccccc2C1. The summed E-state index contributed by atoms with van der Waals surface area (Å²) in [4.78, 5) is 14.3. The minimum absolute atomic E-state index is 0.0189. The van der Waals surface area contributed by atoms with Crippen molar-refractivity contribution in [1.82, 2.24) is 10.2 Å². The maximum atomic E-state index is 13.5. The van der Waals surface area contributed by atoms with Gasteiger partial charge < -0.3 is 5.32 Å². The molecule has 2 aromatic carbocycles. The van der Waals surface area contributed by atoms with Crippen molar-refractivity contribution < 1.29 is 13.6 Å². The summed E-state index contributed by atoms with van der Waals surface area (Å²) in [5, 5.41) is 2.84. The van der Waals surface area contributed by atoms with Crippen LogP contribution >= 0.6 is 0 Å². The van der Waals surface area contributed by atoms with Crippen LogP contribution in [0.3, 0.4) is 0 Å². The fourth-order valence-electron chi connectivity index (χ4n) is 3.37. The molecule has 0 aromatic heterocycles. The lowest BCUT2D eigenvalue weighted by Gasteiger charge is -2.28. The van der Waals surface area contributed by atoms with Crippen LogP contribution in [0.25, 0.3) is 0 Å². The Morgan fingerprint density at radius 1 is 1.04 bits per heavy atom. The minimum atomic E-state index is -0.594. The van der Waals surface area contributed by atoms with Crippen LogP contribution in [0.2, 0.25) is 0 Å². The number of carbonyl (C=O) groups is 1. The van der Waals surface area contributed by atoms with Gasteiger partial charge in [0.05, 0.1) is 0 Å². The molecule has 138 valence electrons. The number of carbonyl (C=O) groups excluding carboxylic acids is 1. The molecule has 0 bridgehead atoms. The molecule has 0 atom stereocenters. The fraction of sp³-hybridized carbons (Fsp3) is 0.381. The highest BCUT2D eigenvalue weighted by Crippen LogP contribution is 2.18. The van der Waals surface area contributed by atoms with Gasteiger partial charge in [0.2, 0.25) is 5.91 Å². The molecule has 3 nitrogen and oxygen atoms in total. The number of hydrogen-bond donors (Lipinski definition) is 1. The van der Waals surface area contributed by atoms with Gasteiger partial charge in [-0.25, -0.2) is 8.78 Å². The second kappa shape index (κ2) is 8.90. The second-order valence-corrected chi connectivity index (χ2v) is 6.70. The average Bonchev–Trinajstić information content (AvgIpc) is 2.65. The van der Waals surface area contributed by atoms with E-state index in [1.807, 2.05) is 0 Å². The Balaban J connectivity index is 1.35. The van der Waals surface area contributed by atoms with Crippen molar-refractivity contribution in [3.05, 3.63) is 70.8 Å². The van der Waals surface area contributed by atoms with E-state index in [9.17, 15) is 13.6 Å². The van der Waals surface area contributed by atoms with E-state index in [2.05, 4.69) is 34.5 Å². The number of nitrogens with zero attached hydrogens (tertiary/aromatic N) is 1. The maximum Gasteiger partial charge on any atom is 0.220 e. The molecule has 1 aliphatic rings. The van der Waals surface area contributed by atoms with Crippen molar-refractivity contribution >= 4 is 5.91 Å². The smallest absolute Gasteiger partial charge is 0.220 e. The molecule has 0 spiro atoms. The van der Waals surface area contributed by atoms with Crippen LogP contribution in [0.4, 0.5) is 8.78 Å². The van der Waals surface area contributed by atoms with Crippen LogP contribution in [0, 0.1) is 11.6 Å². The average molecular weight is 358 g/mol. The first-order chi connectivity index (χ1) is 12.6. The monoisotopic (exact) mass is 358 g/mol. The quantitative estimate of drug-likeness (QED) is 0.769. The Kier molecular flexibility index (Phi) is 6.34. The van der Waals surface area contributed by atoms with E-state index in [0.717, 1.165) is 32.5 Å². The summed E-state index contributed by atoms with van der Waals surface area (Å²) < 4.78 is 27.1. The summed E-state index contributed by atoms with van der Waals surface area (Å²) in [6, 6.07) is 12.3. The summed E-state index contributed by atoms with van der Waals surface area (Å²) >= 11 is 0. The number of halogens is 2. The summed E-state index contributed by atoms with van der Waals surface area (Å²) in [6.07, 6.45) is 2.10. The van der Waals surface area contributed by atoms with Gasteiger partial charge in [0, 0.05) is 38.2 Å². The number of rotatable bonds is 7. The predicted octanol–water partition coefficient (Wildman–Crippen LogP) is 3.46. The zero-order valence-corrected chi connectivity index (χ0v) is 14.8. The summed E-state index contributed by atoms with van der Waals surface area (Å²) in [7, 11) is 0. The topological polar surface area (TPSA) is 32.3 Å². The molecule has 0 fully saturated rings. The molecule has 1 N–H and O–H groups in total. The first-order valence-electron chi connectivity index (χ1n) is 9.12. The lowest BCUT2D eigenvalue weighted by molar-refractivity contribution is -0.121. The molecule has 5 heteroatoms. The lowest BCUT2D eigenvalue weighted by atomic mass is 10.00. The van der Waals surface area contributed by atoms with Crippen LogP contribution in [0.5, 0.6) is 0 Å². The largest absolute Gasteiger partial charge is 0.356 e. The van der Waals surface area contributed by atoms with E-state index < -0.39 is 11.6 Å². The van der Waals surface area contributed by atoms with Crippen molar-refractivity contribution in [2.45, 2.75) is 32.2 Å². The Hall–Kier alpha value is -2.27.